The topological polar surface area (TPSA) is 33.3 Å². The molecule has 3 rings (SSSR count). The van der Waals surface area contributed by atoms with Crippen molar-refractivity contribution < 1.29 is 4.74 Å². The van der Waals surface area contributed by atoms with Crippen LogP contribution in [0.15, 0.2) is 46.9 Å². The fraction of sp³-hybridized carbons (Fsp3) is 0.368. The van der Waals surface area contributed by atoms with Crippen LogP contribution in [0.1, 0.15) is 29.3 Å². The average Bonchev–Trinajstić information content (AvgIpc) is 2.61. The predicted molar refractivity (Wildman–Crippen MR) is 97.9 cm³/mol. The standard InChI is InChI=1S/C19H23BrN2O/c1-23-18-10-9-16(20)13-15(18)8-7-14-5-2-3-6-17(14)19-21-11-4-12-22-19/h2-3,5-6,9-10,13,19,21-22H,4,7-8,11-12H2,1H3. The highest BCUT2D eigenvalue weighted by atomic mass is 79.9. The van der Waals surface area contributed by atoms with Crippen LogP contribution in [0.4, 0.5) is 0 Å². The second-order valence-electron chi connectivity index (χ2n) is 5.85. The molecular formula is C19H23BrN2O. The number of ether oxygens (including phenoxy) is 1. The van der Waals surface area contributed by atoms with Crippen LogP contribution in [-0.2, 0) is 12.8 Å². The number of rotatable bonds is 5. The average molecular weight is 375 g/mol. The van der Waals surface area contributed by atoms with Crippen molar-refractivity contribution in [3.8, 4) is 5.75 Å². The van der Waals surface area contributed by atoms with Crippen molar-refractivity contribution in [1.29, 1.82) is 0 Å². The van der Waals surface area contributed by atoms with Crippen molar-refractivity contribution in [1.82, 2.24) is 10.6 Å². The Bertz CT molecular complexity index is 654. The summed E-state index contributed by atoms with van der Waals surface area (Å²) in [5.41, 5.74) is 3.99. The van der Waals surface area contributed by atoms with E-state index in [0.29, 0.717) is 0 Å². The van der Waals surface area contributed by atoms with E-state index < -0.39 is 0 Å². The van der Waals surface area contributed by atoms with Crippen molar-refractivity contribution >= 4 is 15.9 Å². The molecule has 0 saturated carbocycles. The summed E-state index contributed by atoms with van der Waals surface area (Å²) in [5, 5.41) is 7.12. The minimum absolute atomic E-state index is 0.268. The van der Waals surface area contributed by atoms with Crippen LogP contribution in [0.5, 0.6) is 5.75 Å². The van der Waals surface area contributed by atoms with Crippen molar-refractivity contribution in [2.75, 3.05) is 20.2 Å². The Kier molecular flexibility index (Phi) is 5.70. The van der Waals surface area contributed by atoms with Gasteiger partial charge < -0.3 is 4.74 Å². The number of methoxy groups -OCH3 is 1. The molecule has 1 fully saturated rings. The molecule has 1 heterocycles. The summed E-state index contributed by atoms with van der Waals surface area (Å²) < 4.78 is 6.58. The van der Waals surface area contributed by atoms with E-state index >= 15 is 0 Å². The summed E-state index contributed by atoms with van der Waals surface area (Å²) in [7, 11) is 1.73. The van der Waals surface area contributed by atoms with Gasteiger partial charge in [-0.15, -0.1) is 0 Å². The third-order valence-electron chi connectivity index (χ3n) is 4.32. The second-order valence-corrected chi connectivity index (χ2v) is 6.77. The SMILES string of the molecule is COc1ccc(Br)cc1CCc1ccccc1C1NCCCN1. The molecule has 0 amide bonds. The molecule has 4 heteroatoms. The fourth-order valence-corrected chi connectivity index (χ4v) is 3.54. The molecule has 0 aromatic heterocycles. The first-order valence-corrected chi connectivity index (χ1v) is 8.94. The van der Waals surface area contributed by atoms with E-state index in [1.54, 1.807) is 7.11 Å². The Morgan fingerprint density at radius 2 is 1.78 bits per heavy atom. The number of aryl methyl sites for hydroxylation is 2. The van der Waals surface area contributed by atoms with Gasteiger partial charge in [0.15, 0.2) is 0 Å². The van der Waals surface area contributed by atoms with Crippen molar-refractivity contribution in [2.45, 2.75) is 25.4 Å². The summed E-state index contributed by atoms with van der Waals surface area (Å²) in [6, 6.07) is 14.9. The van der Waals surface area contributed by atoms with Gasteiger partial charge in [0, 0.05) is 4.47 Å². The van der Waals surface area contributed by atoms with Gasteiger partial charge in [-0.25, -0.2) is 0 Å². The van der Waals surface area contributed by atoms with Crippen molar-refractivity contribution in [2.24, 2.45) is 0 Å². The lowest BCUT2D eigenvalue weighted by Gasteiger charge is -2.27. The highest BCUT2D eigenvalue weighted by Gasteiger charge is 2.16. The lowest BCUT2D eigenvalue weighted by Crippen LogP contribution is -2.41. The molecule has 0 radical (unpaired) electrons. The highest BCUT2D eigenvalue weighted by Crippen LogP contribution is 2.26. The number of hydrogen-bond donors (Lipinski definition) is 2. The van der Waals surface area contributed by atoms with E-state index in [1.807, 2.05) is 12.1 Å². The summed E-state index contributed by atoms with van der Waals surface area (Å²) in [6.45, 7) is 2.15. The smallest absolute Gasteiger partial charge is 0.122 e. The minimum atomic E-state index is 0.268. The molecule has 0 atom stereocenters. The summed E-state index contributed by atoms with van der Waals surface area (Å²) in [4.78, 5) is 0. The van der Waals surface area contributed by atoms with Crippen molar-refractivity contribution in [3.05, 3.63) is 63.6 Å². The fourth-order valence-electron chi connectivity index (χ4n) is 3.13. The van der Waals surface area contributed by atoms with Gasteiger partial charge in [0.2, 0.25) is 0 Å². The largest absolute Gasteiger partial charge is 0.496 e. The van der Waals surface area contributed by atoms with Crippen LogP contribution in [0, 0.1) is 0 Å². The maximum absolute atomic E-state index is 5.49. The number of nitrogens with one attached hydrogen (secondary N) is 2. The second kappa shape index (κ2) is 7.95. The van der Waals surface area contributed by atoms with Crippen molar-refractivity contribution in [3.63, 3.8) is 0 Å². The van der Waals surface area contributed by atoms with E-state index in [-0.39, 0.29) is 6.17 Å². The van der Waals surface area contributed by atoms with E-state index in [0.717, 1.165) is 36.2 Å². The normalized spacial score (nSPS) is 15.6. The first-order chi connectivity index (χ1) is 11.3. The van der Waals surface area contributed by atoms with Gasteiger partial charge in [-0.3, -0.25) is 10.6 Å². The van der Waals surface area contributed by atoms with Gasteiger partial charge in [0.1, 0.15) is 5.75 Å². The number of benzene rings is 2. The monoisotopic (exact) mass is 374 g/mol. The number of hydrogen-bond acceptors (Lipinski definition) is 3. The summed E-state index contributed by atoms with van der Waals surface area (Å²) >= 11 is 3.55. The molecule has 0 unspecified atom stereocenters. The Morgan fingerprint density at radius 3 is 2.57 bits per heavy atom. The van der Waals surface area contributed by atoms with Crippen LogP contribution in [0.25, 0.3) is 0 Å². The maximum Gasteiger partial charge on any atom is 0.122 e. The minimum Gasteiger partial charge on any atom is -0.496 e. The number of halogens is 1. The Hall–Kier alpha value is -1.36. The Balaban J connectivity index is 1.77. The first-order valence-electron chi connectivity index (χ1n) is 8.15. The molecule has 23 heavy (non-hydrogen) atoms. The molecule has 2 N–H and O–H groups in total. The molecule has 0 spiro atoms. The zero-order valence-electron chi connectivity index (χ0n) is 13.4. The lowest BCUT2D eigenvalue weighted by atomic mass is 9.97. The van der Waals surface area contributed by atoms with Crippen LogP contribution in [0.2, 0.25) is 0 Å². The Labute approximate surface area is 146 Å². The molecule has 2 aromatic carbocycles. The molecule has 0 bridgehead atoms. The molecule has 2 aromatic rings. The highest BCUT2D eigenvalue weighted by molar-refractivity contribution is 9.10. The quantitative estimate of drug-likeness (QED) is 0.834. The molecule has 1 saturated heterocycles. The van der Waals surface area contributed by atoms with Gasteiger partial charge in [0.25, 0.3) is 0 Å². The van der Waals surface area contributed by atoms with Crippen LogP contribution in [-0.4, -0.2) is 20.2 Å². The van der Waals surface area contributed by atoms with Gasteiger partial charge in [-0.05, 0) is 67.2 Å². The van der Waals surface area contributed by atoms with Crippen LogP contribution < -0.4 is 15.4 Å². The van der Waals surface area contributed by atoms with Crippen LogP contribution in [0.3, 0.4) is 0 Å². The third kappa shape index (κ3) is 4.14. The molecule has 0 aliphatic carbocycles. The zero-order valence-corrected chi connectivity index (χ0v) is 15.0. The summed E-state index contributed by atoms with van der Waals surface area (Å²) in [6.07, 6.45) is 3.42. The van der Waals surface area contributed by atoms with Gasteiger partial charge in [-0.2, -0.15) is 0 Å². The molecule has 3 nitrogen and oxygen atoms in total. The van der Waals surface area contributed by atoms with Crippen LogP contribution >= 0.6 is 15.9 Å². The Morgan fingerprint density at radius 1 is 1.04 bits per heavy atom. The molecule has 1 aliphatic rings. The van der Waals surface area contributed by atoms with E-state index in [9.17, 15) is 0 Å². The molecule has 1 aliphatic heterocycles. The third-order valence-corrected chi connectivity index (χ3v) is 4.82. The van der Waals surface area contributed by atoms with Gasteiger partial charge in [-0.1, -0.05) is 40.2 Å². The lowest BCUT2D eigenvalue weighted by molar-refractivity contribution is 0.378. The summed E-state index contributed by atoms with van der Waals surface area (Å²) in [5.74, 6) is 0.958. The predicted octanol–water partition coefficient (Wildman–Crippen LogP) is 3.82. The molecular weight excluding hydrogens is 352 g/mol. The zero-order chi connectivity index (χ0) is 16.1. The first kappa shape index (κ1) is 16.5. The van der Waals surface area contributed by atoms with Gasteiger partial charge in [0.05, 0.1) is 13.3 Å². The van der Waals surface area contributed by atoms with E-state index in [1.165, 1.54) is 23.1 Å². The molecule has 122 valence electrons. The van der Waals surface area contributed by atoms with Gasteiger partial charge >= 0.3 is 0 Å². The maximum atomic E-state index is 5.49. The van der Waals surface area contributed by atoms with E-state index in [4.69, 9.17) is 4.74 Å². The van der Waals surface area contributed by atoms with E-state index in [2.05, 4.69) is 56.9 Å².